The first-order valence-electron chi connectivity index (χ1n) is 4.83. The molecule has 4 nitrogen and oxygen atoms in total. The van der Waals surface area contributed by atoms with Crippen LogP contribution in [0.1, 0.15) is 20.3 Å². The number of imide groups is 1. The highest BCUT2D eigenvalue weighted by Gasteiger charge is 2.29. The van der Waals surface area contributed by atoms with Gasteiger partial charge in [-0.25, -0.2) is 4.79 Å². The predicted molar refractivity (Wildman–Crippen MR) is 57.3 cm³/mol. The second-order valence-corrected chi connectivity index (χ2v) is 4.71. The van der Waals surface area contributed by atoms with E-state index in [-0.39, 0.29) is 24.5 Å². The molecule has 1 rings (SSSR count). The molecule has 3 amide bonds. The van der Waals surface area contributed by atoms with Gasteiger partial charge in [0.2, 0.25) is 5.91 Å². The second-order valence-electron chi connectivity index (χ2n) is 3.32. The number of hydrogen-bond acceptors (Lipinski definition) is 3. The highest BCUT2D eigenvalue weighted by atomic mass is 32.2. The Morgan fingerprint density at radius 1 is 1.57 bits per heavy atom. The minimum atomic E-state index is -0.246. The molecular weight excluding hydrogens is 200 g/mol. The Labute approximate surface area is 88.4 Å². The molecule has 0 spiro atoms. The van der Waals surface area contributed by atoms with E-state index in [1.807, 2.05) is 18.7 Å². The van der Waals surface area contributed by atoms with Crippen LogP contribution in [0.5, 0.6) is 0 Å². The molecule has 80 valence electrons. The van der Waals surface area contributed by atoms with Crippen molar-refractivity contribution in [2.75, 3.05) is 18.1 Å². The summed E-state index contributed by atoms with van der Waals surface area (Å²) in [5, 5.41) is 2.28. The van der Waals surface area contributed by atoms with Gasteiger partial charge in [-0.2, -0.15) is 11.8 Å². The van der Waals surface area contributed by atoms with Gasteiger partial charge in [0.15, 0.2) is 0 Å². The smallest absolute Gasteiger partial charge is 0.312 e. The fourth-order valence-electron chi connectivity index (χ4n) is 1.37. The Kier molecular flexibility index (Phi) is 4.25. The molecule has 0 aromatic heterocycles. The van der Waals surface area contributed by atoms with Gasteiger partial charge in [-0.15, -0.1) is 0 Å². The van der Waals surface area contributed by atoms with E-state index in [1.165, 1.54) is 0 Å². The monoisotopic (exact) mass is 216 g/mol. The Balaban J connectivity index is 2.33. The van der Waals surface area contributed by atoms with E-state index in [0.29, 0.717) is 0 Å². The van der Waals surface area contributed by atoms with Gasteiger partial charge in [-0.1, -0.05) is 6.92 Å². The molecule has 1 unspecified atom stereocenters. The van der Waals surface area contributed by atoms with E-state index in [4.69, 9.17) is 0 Å². The van der Waals surface area contributed by atoms with Crippen molar-refractivity contribution in [3.8, 4) is 0 Å². The van der Waals surface area contributed by atoms with E-state index in [0.717, 1.165) is 17.9 Å². The van der Waals surface area contributed by atoms with Crippen molar-refractivity contribution < 1.29 is 9.59 Å². The normalized spacial score (nSPS) is 18.6. The molecule has 1 saturated heterocycles. The molecule has 1 heterocycles. The van der Waals surface area contributed by atoms with Crippen LogP contribution in [-0.2, 0) is 4.79 Å². The molecule has 1 aliphatic rings. The maximum Gasteiger partial charge on any atom is 0.324 e. The quantitative estimate of drug-likeness (QED) is 0.552. The van der Waals surface area contributed by atoms with Crippen molar-refractivity contribution in [3.05, 3.63) is 0 Å². The van der Waals surface area contributed by atoms with Crippen LogP contribution in [0.2, 0.25) is 0 Å². The number of hydrogen-bond donors (Lipinski definition) is 1. The molecule has 0 saturated carbocycles. The van der Waals surface area contributed by atoms with Gasteiger partial charge in [0.05, 0.1) is 0 Å². The molecule has 5 heteroatoms. The van der Waals surface area contributed by atoms with Crippen molar-refractivity contribution in [2.24, 2.45) is 0 Å². The lowest BCUT2D eigenvalue weighted by molar-refractivity contribution is -0.118. The number of nitrogens with zero attached hydrogens (tertiary/aromatic N) is 1. The summed E-state index contributed by atoms with van der Waals surface area (Å²) in [5.41, 5.74) is 0. The van der Waals surface area contributed by atoms with Gasteiger partial charge in [-0.3, -0.25) is 10.1 Å². The maximum atomic E-state index is 11.2. The summed E-state index contributed by atoms with van der Waals surface area (Å²) >= 11 is 1.85. The molecule has 1 fully saturated rings. The van der Waals surface area contributed by atoms with Gasteiger partial charge in [0.1, 0.15) is 6.54 Å². The minimum Gasteiger partial charge on any atom is -0.312 e. The van der Waals surface area contributed by atoms with Gasteiger partial charge in [-0.05, 0) is 24.9 Å². The SMILES string of the molecule is CCSCCC(C)N1CC(=O)NC1=O. The zero-order chi connectivity index (χ0) is 10.6. The maximum absolute atomic E-state index is 11.2. The lowest BCUT2D eigenvalue weighted by Gasteiger charge is -2.21. The van der Waals surface area contributed by atoms with Crippen LogP contribution in [0.15, 0.2) is 0 Å². The van der Waals surface area contributed by atoms with Gasteiger partial charge >= 0.3 is 6.03 Å². The highest BCUT2D eigenvalue weighted by molar-refractivity contribution is 7.99. The first-order valence-corrected chi connectivity index (χ1v) is 5.98. The lowest BCUT2D eigenvalue weighted by atomic mass is 10.2. The van der Waals surface area contributed by atoms with Crippen LogP contribution in [0, 0.1) is 0 Å². The van der Waals surface area contributed by atoms with Gasteiger partial charge in [0, 0.05) is 6.04 Å². The van der Waals surface area contributed by atoms with Gasteiger partial charge < -0.3 is 4.90 Å². The molecular formula is C9H16N2O2S. The molecule has 14 heavy (non-hydrogen) atoms. The fourth-order valence-corrected chi connectivity index (χ4v) is 2.16. The van der Waals surface area contributed by atoms with Crippen LogP contribution in [0.4, 0.5) is 4.79 Å². The zero-order valence-corrected chi connectivity index (χ0v) is 9.39. The van der Waals surface area contributed by atoms with E-state index in [2.05, 4.69) is 12.2 Å². The van der Waals surface area contributed by atoms with Crippen LogP contribution in [-0.4, -0.2) is 40.9 Å². The number of rotatable bonds is 5. The summed E-state index contributed by atoms with van der Waals surface area (Å²) in [6, 6.07) is -0.0931. The summed E-state index contributed by atoms with van der Waals surface area (Å²) in [4.78, 5) is 23.8. The topological polar surface area (TPSA) is 49.4 Å². The Bertz CT molecular complexity index is 233. The molecule has 0 aliphatic carbocycles. The van der Waals surface area contributed by atoms with Crippen molar-refractivity contribution in [2.45, 2.75) is 26.3 Å². The molecule has 1 atom stereocenters. The number of carbonyl (C=O) groups excluding carboxylic acids is 2. The number of thioether (sulfide) groups is 1. The largest absolute Gasteiger partial charge is 0.324 e. The number of amides is 3. The van der Waals surface area contributed by atoms with Crippen molar-refractivity contribution in [1.29, 1.82) is 0 Å². The van der Waals surface area contributed by atoms with E-state index in [9.17, 15) is 9.59 Å². The molecule has 0 aromatic carbocycles. The van der Waals surface area contributed by atoms with E-state index >= 15 is 0 Å². The third-order valence-corrected chi connectivity index (χ3v) is 3.17. The van der Waals surface area contributed by atoms with Crippen LogP contribution >= 0.6 is 11.8 Å². The Morgan fingerprint density at radius 3 is 2.79 bits per heavy atom. The van der Waals surface area contributed by atoms with Crippen LogP contribution in [0.25, 0.3) is 0 Å². The second kappa shape index (κ2) is 5.24. The highest BCUT2D eigenvalue weighted by Crippen LogP contribution is 2.11. The fraction of sp³-hybridized carbons (Fsp3) is 0.778. The number of carbonyl (C=O) groups is 2. The average Bonchev–Trinajstić information content (AvgIpc) is 2.45. The Morgan fingerprint density at radius 2 is 2.29 bits per heavy atom. The minimum absolute atomic E-state index is 0.153. The average molecular weight is 216 g/mol. The van der Waals surface area contributed by atoms with Gasteiger partial charge in [0.25, 0.3) is 0 Å². The van der Waals surface area contributed by atoms with E-state index in [1.54, 1.807) is 4.90 Å². The summed E-state index contributed by atoms with van der Waals surface area (Å²) in [6.45, 7) is 4.31. The number of urea groups is 1. The third-order valence-electron chi connectivity index (χ3n) is 2.24. The first-order chi connectivity index (χ1) is 6.65. The standard InChI is InChI=1S/C9H16N2O2S/c1-3-14-5-4-7(2)11-6-8(12)10-9(11)13/h7H,3-6H2,1-2H3,(H,10,12,13). The Hall–Kier alpha value is -0.710. The molecule has 1 aliphatic heterocycles. The number of nitrogens with one attached hydrogen (secondary N) is 1. The molecule has 1 N–H and O–H groups in total. The lowest BCUT2D eigenvalue weighted by Crippen LogP contribution is -2.36. The summed E-state index contributed by atoms with van der Waals surface area (Å²) in [5.74, 6) is 1.94. The van der Waals surface area contributed by atoms with E-state index < -0.39 is 0 Å². The van der Waals surface area contributed by atoms with Crippen LogP contribution < -0.4 is 5.32 Å². The summed E-state index contributed by atoms with van der Waals surface area (Å²) < 4.78 is 0. The molecule has 0 radical (unpaired) electrons. The molecule has 0 aromatic rings. The van der Waals surface area contributed by atoms with Crippen LogP contribution in [0.3, 0.4) is 0 Å². The third kappa shape index (κ3) is 2.90. The predicted octanol–water partition coefficient (Wildman–Crippen LogP) is 1.07. The molecule has 0 bridgehead atoms. The van der Waals surface area contributed by atoms with Crippen molar-refractivity contribution in [1.82, 2.24) is 10.2 Å². The first kappa shape index (κ1) is 11.4. The van der Waals surface area contributed by atoms with Crippen molar-refractivity contribution in [3.63, 3.8) is 0 Å². The van der Waals surface area contributed by atoms with Crippen molar-refractivity contribution >= 4 is 23.7 Å². The summed E-state index contributed by atoms with van der Waals surface area (Å²) in [6.07, 6.45) is 0.944. The zero-order valence-electron chi connectivity index (χ0n) is 8.58. The summed E-state index contributed by atoms with van der Waals surface area (Å²) in [7, 11) is 0.